The van der Waals surface area contributed by atoms with Gasteiger partial charge in [-0.05, 0) is 131 Å². The van der Waals surface area contributed by atoms with Crippen molar-refractivity contribution in [3.05, 3.63) is 205 Å². The maximum absolute atomic E-state index is 2.93. The largest absolute Gasteiger partial charge is 0.335 e. The van der Waals surface area contributed by atoms with Crippen LogP contribution in [0, 0.1) is 0 Å². The number of nitrogens with zero attached hydrogens (tertiary/aromatic N) is 3. The van der Waals surface area contributed by atoms with Gasteiger partial charge in [-0.25, -0.2) is 0 Å². The average Bonchev–Trinajstić information content (AvgIpc) is 3.75. The maximum atomic E-state index is 2.93. The summed E-state index contributed by atoms with van der Waals surface area (Å²) >= 11 is 0. The Labute approximate surface area is 396 Å². The summed E-state index contributed by atoms with van der Waals surface area (Å²) in [5, 5.41) is 0. The summed E-state index contributed by atoms with van der Waals surface area (Å²) in [6.45, 7) is 7.86. The summed E-state index contributed by atoms with van der Waals surface area (Å²) in [4.78, 5) is 8.41. The second-order valence-electron chi connectivity index (χ2n) is 21.2. The highest BCUT2D eigenvalue weighted by atomic mass is 15.3. The van der Waals surface area contributed by atoms with Gasteiger partial charge in [0, 0.05) is 50.6 Å². The predicted octanol–water partition coefficient (Wildman–Crippen LogP) is 14.1. The van der Waals surface area contributed by atoms with Gasteiger partial charge in [-0.2, -0.15) is 0 Å². The molecule has 0 N–H and O–H groups in total. The lowest BCUT2D eigenvalue weighted by Crippen LogP contribution is -2.65. The molecule has 4 atom stereocenters. The fourth-order valence-electron chi connectivity index (χ4n) is 15.1. The van der Waals surface area contributed by atoms with E-state index >= 15 is 0 Å². The molecule has 3 nitrogen and oxygen atoms in total. The van der Waals surface area contributed by atoms with E-state index in [2.05, 4.69) is 224 Å². The van der Waals surface area contributed by atoms with E-state index in [9.17, 15) is 0 Å². The van der Waals surface area contributed by atoms with E-state index in [-0.39, 0.29) is 28.6 Å². The minimum Gasteiger partial charge on any atom is -0.335 e. The predicted molar refractivity (Wildman–Crippen MR) is 282 cm³/mol. The van der Waals surface area contributed by atoms with E-state index in [0.29, 0.717) is 0 Å². The highest BCUT2D eigenvalue weighted by Gasteiger charge is 2.64. The first-order chi connectivity index (χ1) is 32.8. The van der Waals surface area contributed by atoms with Gasteiger partial charge in [-0.15, -0.1) is 0 Å². The lowest BCUT2D eigenvalue weighted by atomic mass is 9.33. The Hall–Kier alpha value is -6.78. The smallest absolute Gasteiger partial charge is 0.252 e. The van der Waals surface area contributed by atoms with Gasteiger partial charge in [0.25, 0.3) is 6.71 Å². The van der Waals surface area contributed by atoms with Crippen molar-refractivity contribution in [2.75, 3.05) is 14.7 Å². The number of hydrogen-bond acceptors (Lipinski definition) is 3. The van der Waals surface area contributed by atoms with Crippen molar-refractivity contribution in [1.82, 2.24) is 0 Å². The fraction of sp³-hybridized carbons (Fsp3) is 0.238. The van der Waals surface area contributed by atoms with Crippen molar-refractivity contribution in [2.24, 2.45) is 0 Å². The first-order valence-electron chi connectivity index (χ1n) is 25.1. The topological polar surface area (TPSA) is 9.72 Å². The summed E-state index contributed by atoms with van der Waals surface area (Å²) in [6, 6.07) is 72.4. The molecule has 6 aliphatic rings. The number of hydrogen-bond donors (Lipinski definition) is 0. The van der Waals surface area contributed by atoms with Gasteiger partial charge in [-0.1, -0.05) is 184 Å². The van der Waals surface area contributed by atoms with Crippen LogP contribution in [0.3, 0.4) is 0 Å². The first kappa shape index (κ1) is 39.4. The van der Waals surface area contributed by atoms with Crippen LogP contribution in [-0.2, 0) is 10.8 Å². The summed E-state index contributed by atoms with van der Waals surface area (Å²) in [5.41, 5.74) is 22.5. The minimum atomic E-state index is -0.190. The second kappa shape index (κ2) is 14.1. The van der Waals surface area contributed by atoms with Gasteiger partial charge in [0.05, 0.1) is 11.1 Å². The van der Waals surface area contributed by atoms with Crippen molar-refractivity contribution in [3.8, 4) is 22.3 Å². The monoisotopic (exact) mass is 865 g/mol. The Morgan fingerprint density at radius 2 is 1.01 bits per heavy atom. The average molecular weight is 866 g/mol. The molecule has 0 amide bonds. The zero-order valence-corrected chi connectivity index (χ0v) is 39.0. The minimum absolute atomic E-state index is 0.0314. The molecular weight excluding hydrogens is 810 g/mol. The molecule has 4 heterocycles. The molecule has 326 valence electrons. The Morgan fingerprint density at radius 1 is 0.403 bits per heavy atom. The van der Waals surface area contributed by atoms with Crippen molar-refractivity contribution in [2.45, 2.75) is 94.0 Å². The highest BCUT2D eigenvalue weighted by Crippen LogP contribution is 2.66. The van der Waals surface area contributed by atoms with Gasteiger partial charge in [0.1, 0.15) is 0 Å². The molecule has 67 heavy (non-hydrogen) atoms. The number of anilines is 7. The van der Waals surface area contributed by atoms with Crippen LogP contribution in [0.25, 0.3) is 22.3 Å². The second-order valence-corrected chi connectivity index (χ2v) is 21.2. The summed E-state index contributed by atoms with van der Waals surface area (Å²) < 4.78 is 0. The quantitative estimate of drug-likeness (QED) is 0.160. The van der Waals surface area contributed by atoms with Crippen LogP contribution in [0.4, 0.5) is 39.8 Å². The highest BCUT2D eigenvalue weighted by molar-refractivity contribution is 7.00. The summed E-state index contributed by atoms with van der Waals surface area (Å²) in [7, 11) is 0. The molecule has 0 spiro atoms. The van der Waals surface area contributed by atoms with Crippen LogP contribution < -0.4 is 31.1 Å². The first-order valence-corrected chi connectivity index (χ1v) is 25.1. The molecule has 8 aromatic rings. The zero-order chi connectivity index (χ0) is 44.7. The molecular formula is C63H56BN3. The van der Waals surface area contributed by atoms with Crippen molar-refractivity contribution < 1.29 is 0 Å². The molecule has 8 aromatic carbocycles. The van der Waals surface area contributed by atoms with Crippen LogP contribution in [-0.4, -0.2) is 17.8 Å². The van der Waals surface area contributed by atoms with Crippen LogP contribution in [0.15, 0.2) is 188 Å². The normalized spacial score (nSPS) is 24.9. The standard InChI is InChI=1S/C63H56BN3/c1-60-35-15-16-36-61(60,2)66(54-32-14-13-29-50(54)60)49-41-56-58-57(42-49)67-59-51(63(47-26-11-6-12-27-47)38-18-17-37-62(63,67)3)30-20-31-53(59)64(58)52-34-33-46(44-23-9-5-10-24-44)40-55(52)65(56)48-28-19-25-45(39-48)43-21-7-4-8-22-43/h4-14,19-34,39-42H,15-18,35-38H2,1-3H3. The molecule has 0 aromatic heterocycles. The van der Waals surface area contributed by atoms with E-state index in [1.807, 2.05) is 0 Å². The Kier molecular flexibility index (Phi) is 8.31. The zero-order valence-electron chi connectivity index (χ0n) is 39.0. The molecule has 4 aliphatic heterocycles. The van der Waals surface area contributed by atoms with Crippen LogP contribution in [0.2, 0.25) is 0 Å². The summed E-state index contributed by atoms with van der Waals surface area (Å²) in [5.74, 6) is 0. The van der Waals surface area contributed by atoms with Gasteiger partial charge >= 0.3 is 0 Å². The molecule has 0 saturated heterocycles. The van der Waals surface area contributed by atoms with E-state index in [4.69, 9.17) is 0 Å². The maximum Gasteiger partial charge on any atom is 0.252 e. The fourth-order valence-corrected chi connectivity index (χ4v) is 15.1. The Balaban J connectivity index is 1.11. The number of rotatable bonds is 5. The number of benzene rings is 8. The third-order valence-corrected chi connectivity index (χ3v) is 18.3. The molecule has 2 fully saturated rings. The molecule has 2 aliphatic carbocycles. The Morgan fingerprint density at radius 3 is 1.79 bits per heavy atom. The number of para-hydroxylation sites is 2. The molecule has 4 heteroatoms. The summed E-state index contributed by atoms with van der Waals surface area (Å²) in [6.07, 6.45) is 9.57. The van der Waals surface area contributed by atoms with E-state index in [1.54, 1.807) is 0 Å². The lowest BCUT2D eigenvalue weighted by Gasteiger charge is -2.54. The van der Waals surface area contributed by atoms with Gasteiger partial charge in [0.15, 0.2) is 0 Å². The third kappa shape index (κ3) is 5.09. The molecule has 0 radical (unpaired) electrons. The Bertz CT molecular complexity index is 3290. The van der Waals surface area contributed by atoms with Crippen LogP contribution >= 0.6 is 0 Å². The van der Waals surface area contributed by atoms with Gasteiger partial charge in [0.2, 0.25) is 0 Å². The van der Waals surface area contributed by atoms with Crippen LogP contribution in [0.1, 0.15) is 88.8 Å². The lowest BCUT2D eigenvalue weighted by molar-refractivity contribution is 0.195. The van der Waals surface area contributed by atoms with E-state index < -0.39 is 0 Å². The van der Waals surface area contributed by atoms with Crippen molar-refractivity contribution in [3.63, 3.8) is 0 Å². The van der Waals surface area contributed by atoms with Gasteiger partial charge in [-0.3, -0.25) is 0 Å². The van der Waals surface area contributed by atoms with Crippen LogP contribution in [0.5, 0.6) is 0 Å². The van der Waals surface area contributed by atoms with Gasteiger partial charge < -0.3 is 14.7 Å². The molecule has 2 saturated carbocycles. The van der Waals surface area contributed by atoms with E-state index in [0.717, 1.165) is 19.3 Å². The molecule has 0 bridgehead atoms. The number of fused-ring (bicyclic) bond motifs is 10. The van der Waals surface area contributed by atoms with E-state index in [1.165, 1.54) is 127 Å². The molecule has 4 unspecified atom stereocenters. The third-order valence-electron chi connectivity index (χ3n) is 18.3. The SMILES string of the molecule is CC12CCCCC1(C)N(c1cc3c4c(c1)N1c5c(cccc5C5(c6ccccc6)CCCCC15C)B4c1ccc(-c4ccccc4)cc1N3c1cccc(-c3ccccc3)c1)c1ccccc12. The van der Waals surface area contributed by atoms with Crippen molar-refractivity contribution in [1.29, 1.82) is 0 Å². The molecule has 14 rings (SSSR count). The van der Waals surface area contributed by atoms with Crippen molar-refractivity contribution >= 4 is 62.9 Å².